The summed E-state index contributed by atoms with van der Waals surface area (Å²) in [6.07, 6.45) is 1.43. The first-order chi connectivity index (χ1) is 9.24. The van der Waals surface area contributed by atoms with Crippen LogP contribution in [0.5, 0.6) is 11.8 Å². The van der Waals surface area contributed by atoms with Gasteiger partial charge >= 0.3 is 0 Å². The number of aromatic nitrogens is 2. The summed E-state index contributed by atoms with van der Waals surface area (Å²) in [6.45, 7) is 1.36. The van der Waals surface area contributed by atoms with Gasteiger partial charge in [0.25, 0.3) is 0 Å². The van der Waals surface area contributed by atoms with Crippen LogP contribution < -0.4 is 14.8 Å². The van der Waals surface area contributed by atoms with Crippen molar-refractivity contribution in [2.45, 2.75) is 13.1 Å². The number of hydrogen-bond donors (Lipinski definition) is 1. The molecule has 0 saturated heterocycles. The second kappa shape index (κ2) is 6.83. The van der Waals surface area contributed by atoms with Gasteiger partial charge in [-0.3, -0.25) is 0 Å². The highest BCUT2D eigenvalue weighted by Gasteiger charge is 2.12. The van der Waals surface area contributed by atoms with Gasteiger partial charge in [-0.25, -0.2) is 9.97 Å². The normalized spacial score (nSPS) is 10.5. The Morgan fingerprint density at radius 1 is 1.21 bits per heavy atom. The van der Waals surface area contributed by atoms with E-state index in [1.807, 2.05) is 0 Å². The fraction of sp³-hybridized carbons (Fsp3) is 0.333. The third-order valence-electron chi connectivity index (χ3n) is 2.48. The van der Waals surface area contributed by atoms with E-state index in [1.165, 1.54) is 11.2 Å². The first-order valence-corrected chi connectivity index (χ1v) is 7.27. The van der Waals surface area contributed by atoms with Gasteiger partial charge < -0.3 is 14.8 Å². The van der Waals surface area contributed by atoms with Gasteiger partial charge in [-0.1, -0.05) is 0 Å². The number of nitrogens with one attached hydrogen (secondary N) is 1. The topological polar surface area (TPSA) is 56.3 Å². The van der Waals surface area contributed by atoms with Gasteiger partial charge in [-0.2, -0.15) is 0 Å². The molecule has 0 radical (unpaired) electrons. The zero-order chi connectivity index (χ0) is 13.7. The standard InChI is InChI=1S/C12H14BrN3O2S/c1-17-11-10(12(18-2)16-7-15-11)5-14-4-9-3-8(13)6-19-9/h3,6-7,14H,4-5H2,1-2H3. The molecule has 5 nitrogen and oxygen atoms in total. The molecule has 0 fully saturated rings. The molecule has 0 saturated carbocycles. The van der Waals surface area contributed by atoms with E-state index in [1.54, 1.807) is 25.6 Å². The predicted molar refractivity (Wildman–Crippen MR) is 77.7 cm³/mol. The quantitative estimate of drug-likeness (QED) is 0.873. The molecule has 102 valence electrons. The highest BCUT2D eigenvalue weighted by Crippen LogP contribution is 2.24. The maximum Gasteiger partial charge on any atom is 0.224 e. The largest absolute Gasteiger partial charge is 0.481 e. The summed E-state index contributed by atoms with van der Waals surface area (Å²) in [5.41, 5.74) is 0.822. The van der Waals surface area contributed by atoms with Crippen molar-refractivity contribution in [3.8, 4) is 11.8 Å². The fourth-order valence-electron chi connectivity index (χ4n) is 1.64. The Kier molecular flexibility index (Phi) is 5.12. The highest BCUT2D eigenvalue weighted by atomic mass is 79.9. The minimum atomic E-state index is 0.534. The molecule has 0 aliphatic rings. The molecule has 2 rings (SSSR count). The number of rotatable bonds is 6. The summed E-state index contributed by atoms with van der Waals surface area (Å²) in [7, 11) is 3.17. The molecule has 0 unspecified atom stereocenters. The SMILES string of the molecule is COc1ncnc(OC)c1CNCc1cc(Br)cs1. The Hall–Kier alpha value is -1.18. The zero-order valence-corrected chi connectivity index (χ0v) is 13.0. The van der Waals surface area contributed by atoms with E-state index in [0.29, 0.717) is 18.3 Å². The zero-order valence-electron chi connectivity index (χ0n) is 10.6. The van der Waals surface area contributed by atoms with Crippen molar-refractivity contribution in [3.63, 3.8) is 0 Å². The Morgan fingerprint density at radius 3 is 2.42 bits per heavy atom. The van der Waals surface area contributed by atoms with Gasteiger partial charge in [-0.05, 0) is 22.0 Å². The van der Waals surface area contributed by atoms with Crippen LogP contribution in [0.3, 0.4) is 0 Å². The molecule has 19 heavy (non-hydrogen) atoms. The Labute approximate surface area is 124 Å². The first-order valence-electron chi connectivity index (χ1n) is 5.60. The lowest BCUT2D eigenvalue weighted by atomic mass is 10.3. The molecule has 7 heteroatoms. The Morgan fingerprint density at radius 2 is 1.89 bits per heavy atom. The number of halogens is 1. The molecule has 0 aromatic carbocycles. The number of hydrogen-bond acceptors (Lipinski definition) is 6. The number of ether oxygens (including phenoxy) is 2. The third kappa shape index (κ3) is 3.65. The monoisotopic (exact) mass is 343 g/mol. The van der Waals surface area contributed by atoms with E-state index in [9.17, 15) is 0 Å². The summed E-state index contributed by atoms with van der Waals surface area (Å²) in [5, 5.41) is 5.39. The lowest BCUT2D eigenvalue weighted by molar-refractivity contribution is 0.359. The molecule has 1 N–H and O–H groups in total. The van der Waals surface area contributed by atoms with Crippen molar-refractivity contribution in [3.05, 3.63) is 32.7 Å². The van der Waals surface area contributed by atoms with Crippen molar-refractivity contribution in [2.24, 2.45) is 0 Å². The van der Waals surface area contributed by atoms with Gasteiger partial charge in [0.1, 0.15) is 6.33 Å². The molecular weight excluding hydrogens is 330 g/mol. The molecule has 0 spiro atoms. The van der Waals surface area contributed by atoms with E-state index in [4.69, 9.17) is 9.47 Å². The molecule has 0 amide bonds. The van der Waals surface area contributed by atoms with Gasteiger partial charge in [-0.15, -0.1) is 11.3 Å². The number of methoxy groups -OCH3 is 2. The predicted octanol–water partition coefficient (Wildman–Crippen LogP) is 2.61. The number of thiophene rings is 1. The maximum atomic E-state index is 5.22. The summed E-state index contributed by atoms with van der Waals surface area (Å²) in [4.78, 5) is 9.41. The lowest BCUT2D eigenvalue weighted by Gasteiger charge is -2.11. The first kappa shape index (κ1) is 14.2. The summed E-state index contributed by atoms with van der Waals surface area (Å²) in [6, 6.07) is 2.09. The van der Waals surface area contributed by atoms with Crippen LogP contribution in [0.1, 0.15) is 10.4 Å². The van der Waals surface area contributed by atoms with Crippen LogP contribution in [0.25, 0.3) is 0 Å². The molecule has 0 bridgehead atoms. The van der Waals surface area contributed by atoms with Gasteiger partial charge in [0.15, 0.2) is 0 Å². The van der Waals surface area contributed by atoms with Gasteiger partial charge in [0, 0.05) is 27.8 Å². The maximum absolute atomic E-state index is 5.22. The van der Waals surface area contributed by atoms with Crippen LogP contribution in [0, 0.1) is 0 Å². The second-order valence-corrected chi connectivity index (χ2v) is 5.62. The van der Waals surface area contributed by atoms with Crippen molar-refractivity contribution >= 4 is 27.3 Å². The Bertz CT molecular complexity index is 525. The average Bonchev–Trinajstić information content (AvgIpc) is 2.84. The molecule has 2 aromatic rings. The van der Waals surface area contributed by atoms with E-state index >= 15 is 0 Å². The summed E-state index contributed by atoms with van der Waals surface area (Å²) < 4.78 is 11.5. The molecule has 0 aliphatic carbocycles. The molecule has 0 atom stereocenters. The van der Waals surface area contributed by atoms with Crippen LogP contribution in [0.15, 0.2) is 22.2 Å². The molecule has 2 heterocycles. The van der Waals surface area contributed by atoms with Crippen molar-refractivity contribution in [1.29, 1.82) is 0 Å². The van der Waals surface area contributed by atoms with Crippen LogP contribution in [0.4, 0.5) is 0 Å². The lowest BCUT2D eigenvalue weighted by Crippen LogP contribution is -2.14. The summed E-state index contributed by atoms with van der Waals surface area (Å²) in [5.74, 6) is 1.07. The van der Waals surface area contributed by atoms with Gasteiger partial charge in [0.2, 0.25) is 11.8 Å². The molecular formula is C12H14BrN3O2S. The molecule has 2 aromatic heterocycles. The van der Waals surface area contributed by atoms with Crippen molar-refractivity contribution in [2.75, 3.05) is 14.2 Å². The van der Waals surface area contributed by atoms with Crippen molar-refractivity contribution < 1.29 is 9.47 Å². The fourth-order valence-corrected chi connectivity index (χ4v) is 3.06. The van der Waals surface area contributed by atoms with Crippen LogP contribution in [-0.2, 0) is 13.1 Å². The molecule has 0 aliphatic heterocycles. The average molecular weight is 344 g/mol. The minimum Gasteiger partial charge on any atom is -0.481 e. The number of nitrogens with zero attached hydrogens (tertiary/aromatic N) is 2. The highest BCUT2D eigenvalue weighted by molar-refractivity contribution is 9.10. The second-order valence-electron chi connectivity index (χ2n) is 3.71. The smallest absolute Gasteiger partial charge is 0.224 e. The minimum absolute atomic E-state index is 0.534. The third-order valence-corrected chi connectivity index (χ3v) is 4.17. The van der Waals surface area contributed by atoms with Crippen LogP contribution >= 0.6 is 27.3 Å². The van der Waals surface area contributed by atoms with E-state index in [-0.39, 0.29) is 0 Å². The van der Waals surface area contributed by atoms with E-state index in [2.05, 4.69) is 42.7 Å². The van der Waals surface area contributed by atoms with Crippen LogP contribution in [-0.4, -0.2) is 24.2 Å². The Balaban J connectivity index is 2.02. The summed E-state index contributed by atoms with van der Waals surface area (Å²) >= 11 is 5.14. The van der Waals surface area contributed by atoms with E-state index < -0.39 is 0 Å². The van der Waals surface area contributed by atoms with Crippen LogP contribution in [0.2, 0.25) is 0 Å². The van der Waals surface area contributed by atoms with Crippen molar-refractivity contribution in [1.82, 2.24) is 15.3 Å². The van der Waals surface area contributed by atoms with Gasteiger partial charge in [0.05, 0.1) is 19.8 Å². The van der Waals surface area contributed by atoms with E-state index in [0.717, 1.165) is 16.6 Å².